The van der Waals surface area contributed by atoms with E-state index in [9.17, 15) is 0 Å². The summed E-state index contributed by atoms with van der Waals surface area (Å²) in [5, 5.41) is 0. The molecule has 0 fully saturated rings. The Morgan fingerprint density at radius 1 is 1.00 bits per heavy atom. The van der Waals surface area contributed by atoms with Gasteiger partial charge in [0.25, 0.3) is 0 Å². The Bertz CT molecular complexity index is 554. The number of benzene rings is 2. The van der Waals surface area contributed by atoms with E-state index in [0.717, 1.165) is 23.5 Å². The lowest BCUT2D eigenvalue weighted by Gasteiger charge is -2.14. The maximum atomic E-state index is 6.28. The highest BCUT2D eigenvalue weighted by atomic mass is 16.7. The highest BCUT2D eigenvalue weighted by Gasteiger charge is 2.08. The van der Waals surface area contributed by atoms with Crippen LogP contribution in [-0.4, -0.2) is 21.0 Å². The summed E-state index contributed by atoms with van der Waals surface area (Å²) in [5.74, 6) is 1.61. The molecular weight excluding hydrogens is 266 g/mol. The van der Waals surface area contributed by atoms with Gasteiger partial charge in [0.15, 0.2) is 6.79 Å². The van der Waals surface area contributed by atoms with Crippen LogP contribution in [0.3, 0.4) is 0 Å². The molecule has 0 spiro atoms. The number of hydrogen-bond acceptors (Lipinski definition) is 4. The molecule has 0 heterocycles. The molecule has 1 atom stereocenters. The fourth-order valence-corrected chi connectivity index (χ4v) is 2.10. The summed E-state index contributed by atoms with van der Waals surface area (Å²) in [4.78, 5) is 0. The van der Waals surface area contributed by atoms with Gasteiger partial charge in [0.05, 0.1) is 7.11 Å². The maximum Gasteiger partial charge on any atom is 0.188 e. The number of ether oxygens (including phenoxy) is 3. The third-order valence-electron chi connectivity index (χ3n) is 3.24. The second-order valence-corrected chi connectivity index (χ2v) is 4.78. The summed E-state index contributed by atoms with van der Waals surface area (Å²) in [7, 11) is 3.26. The molecule has 4 heteroatoms. The first-order valence-electron chi connectivity index (χ1n) is 6.83. The average molecular weight is 287 g/mol. The third-order valence-corrected chi connectivity index (χ3v) is 3.24. The van der Waals surface area contributed by atoms with Crippen molar-refractivity contribution >= 4 is 0 Å². The monoisotopic (exact) mass is 287 g/mol. The van der Waals surface area contributed by atoms with Crippen molar-refractivity contribution in [3.63, 3.8) is 0 Å². The quantitative estimate of drug-likeness (QED) is 0.796. The minimum atomic E-state index is -0.0792. The van der Waals surface area contributed by atoms with Crippen LogP contribution in [0.2, 0.25) is 0 Å². The van der Waals surface area contributed by atoms with Crippen LogP contribution in [0.5, 0.6) is 11.5 Å². The second-order valence-electron chi connectivity index (χ2n) is 4.78. The normalized spacial score (nSPS) is 12.0. The van der Waals surface area contributed by atoms with Crippen LogP contribution >= 0.6 is 0 Å². The molecule has 4 nitrogen and oxygen atoms in total. The van der Waals surface area contributed by atoms with Crippen LogP contribution in [0.4, 0.5) is 0 Å². The molecule has 2 aromatic rings. The van der Waals surface area contributed by atoms with E-state index >= 15 is 0 Å². The lowest BCUT2D eigenvalue weighted by Crippen LogP contribution is -2.13. The van der Waals surface area contributed by atoms with E-state index in [1.54, 1.807) is 14.2 Å². The molecule has 0 amide bonds. The van der Waals surface area contributed by atoms with Crippen molar-refractivity contribution < 1.29 is 14.2 Å². The molecule has 0 aliphatic heterocycles. The van der Waals surface area contributed by atoms with E-state index in [1.807, 2.05) is 48.5 Å². The molecule has 0 bridgehead atoms. The molecule has 0 aliphatic rings. The second kappa shape index (κ2) is 7.67. The summed E-state index contributed by atoms with van der Waals surface area (Å²) in [6.07, 6.45) is 0.762. The van der Waals surface area contributed by atoms with Crippen molar-refractivity contribution in [2.24, 2.45) is 5.73 Å². The van der Waals surface area contributed by atoms with Crippen LogP contribution in [0, 0.1) is 0 Å². The summed E-state index contributed by atoms with van der Waals surface area (Å²) in [6, 6.07) is 15.7. The van der Waals surface area contributed by atoms with Crippen LogP contribution in [0.1, 0.15) is 17.2 Å². The molecule has 0 saturated carbocycles. The van der Waals surface area contributed by atoms with Crippen molar-refractivity contribution in [2.45, 2.75) is 12.5 Å². The van der Waals surface area contributed by atoms with Crippen molar-refractivity contribution in [2.75, 3.05) is 21.0 Å². The lowest BCUT2D eigenvalue weighted by molar-refractivity contribution is 0.0510. The molecule has 0 aliphatic carbocycles. The SMILES string of the molecule is COCOc1cccc(C(N)Cc2ccc(OC)cc2)c1. The van der Waals surface area contributed by atoms with Crippen molar-refractivity contribution in [1.82, 2.24) is 0 Å². The zero-order valence-electron chi connectivity index (χ0n) is 12.4. The van der Waals surface area contributed by atoms with Crippen LogP contribution < -0.4 is 15.2 Å². The summed E-state index contributed by atoms with van der Waals surface area (Å²) < 4.78 is 15.5. The van der Waals surface area contributed by atoms with E-state index in [1.165, 1.54) is 5.56 Å². The minimum absolute atomic E-state index is 0.0792. The Morgan fingerprint density at radius 3 is 2.43 bits per heavy atom. The Balaban J connectivity index is 2.03. The fourth-order valence-electron chi connectivity index (χ4n) is 2.10. The van der Waals surface area contributed by atoms with Gasteiger partial charge in [-0.3, -0.25) is 0 Å². The largest absolute Gasteiger partial charge is 0.497 e. The van der Waals surface area contributed by atoms with Gasteiger partial charge in [-0.1, -0.05) is 24.3 Å². The first-order valence-corrected chi connectivity index (χ1v) is 6.83. The molecule has 112 valence electrons. The minimum Gasteiger partial charge on any atom is -0.497 e. The zero-order chi connectivity index (χ0) is 15.1. The Morgan fingerprint density at radius 2 is 1.76 bits per heavy atom. The molecule has 21 heavy (non-hydrogen) atoms. The lowest BCUT2D eigenvalue weighted by atomic mass is 9.99. The standard InChI is InChI=1S/C17H21NO3/c1-19-12-21-16-5-3-4-14(11-16)17(18)10-13-6-8-15(20-2)9-7-13/h3-9,11,17H,10,12,18H2,1-2H3. The van der Waals surface area contributed by atoms with Gasteiger partial charge in [0, 0.05) is 13.2 Å². The zero-order valence-corrected chi connectivity index (χ0v) is 12.4. The van der Waals surface area contributed by atoms with Crippen LogP contribution in [-0.2, 0) is 11.2 Å². The molecule has 2 rings (SSSR count). The topological polar surface area (TPSA) is 53.7 Å². The van der Waals surface area contributed by atoms with Gasteiger partial charge in [0.1, 0.15) is 11.5 Å². The fraction of sp³-hybridized carbons (Fsp3) is 0.294. The Kier molecular flexibility index (Phi) is 5.60. The van der Waals surface area contributed by atoms with E-state index in [0.29, 0.717) is 0 Å². The third kappa shape index (κ3) is 4.48. The molecule has 0 aromatic heterocycles. The van der Waals surface area contributed by atoms with Gasteiger partial charge in [-0.2, -0.15) is 0 Å². The molecule has 2 aromatic carbocycles. The molecule has 1 unspecified atom stereocenters. The van der Waals surface area contributed by atoms with Gasteiger partial charge < -0.3 is 19.9 Å². The van der Waals surface area contributed by atoms with E-state index in [2.05, 4.69) is 0 Å². The maximum absolute atomic E-state index is 6.28. The summed E-state index contributed by atoms with van der Waals surface area (Å²) in [6.45, 7) is 0.233. The predicted octanol–water partition coefficient (Wildman–Crippen LogP) is 2.92. The first kappa shape index (κ1) is 15.4. The summed E-state index contributed by atoms with van der Waals surface area (Å²) in [5.41, 5.74) is 8.49. The van der Waals surface area contributed by atoms with Gasteiger partial charge in [-0.15, -0.1) is 0 Å². The molecule has 0 radical (unpaired) electrons. The summed E-state index contributed by atoms with van der Waals surface area (Å²) >= 11 is 0. The average Bonchev–Trinajstić information content (AvgIpc) is 2.54. The van der Waals surface area contributed by atoms with E-state index in [-0.39, 0.29) is 12.8 Å². The van der Waals surface area contributed by atoms with Gasteiger partial charge in [-0.25, -0.2) is 0 Å². The van der Waals surface area contributed by atoms with E-state index < -0.39 is 0 Å². The van der Waals surface area contributed by atoms with Crippen molar-refractivity contribution in [3.05, 3.63) is 59.7 Å². The molecule has 0 saturated heterocycles. The molecule has 2 N–H and O–H groups in total. The Labute approximate surface area is 125 Å². The number of hydrogen-bond donors (Lipinski definition) is 1. The number of rotatable bonds is 7. The van der Waals surface area contributed by atoms with Crippen LogP contribution in [0.25, 0.3) is 0 Å². The van der Waals surface area contributed by atoms with E-state index in [4.69, 9.17) is 19.9 Å². The predicted molar refractivity (Wildman–Crippen MR) is 82.6 cm³/mol. The first-order chi connectivity index (χ1) is 10.2. The number of methoxy groups -OCH3 is 2. The van der Waals surface area contributed by atoms with Gasteiger partial charge in [0.2, 0.25) is 0 Å². The number of nitrogens with two attached hydrogens (primary N) is 1. The van der Waals surface area contributed by atoms with Crippen molar-refractivity contribution in [1.29, 1.82) is 0 Å². The van der Waals surface area contributed by atoms with Gasteiger partial charge in [-0.05, 0) is 41.8 Å². The molecular formula is C17H21NO3. The van der Waals surface area contributed by atoms with Crippen LogP contribution in [0.15, 0.2) is 48.5 Å². The highest BCUT2D eigenvalue weighted by molar-refractivity contribution is 5.33. The van der Waals surface area contributed by atoms with Gasteiger partial charge >= 0.3 is 0 Å². The smallest absolute Gasteiger partial charge is 0.188 e. The highest BCUT2D eigenvalue weighted by Crippen LogP contribution is 2.22. The Hall–Kier alpha value is -2.04. The van der Waals surface area contributed by atoms with Crippen molar-refractivity contribution in [3.8, 4) is 11.5 Å².